The smallest absolute Gasteiger partial charge is 0.251 e. The molecule has 0 atom stereocenters. The van der Waals surface area contributed by atoms with Crippen LogP contribution in [0.2, 0.25) is 0 Å². The zero-order valence-corrected chi connectivity index (χ0v) is 11.2. The Hall–Kier alpha value is -1.49. The van der Waals surface area contributed by atoms with Gasteiger partial charge in [-0.2, -0.15) is 16.9 Å². The molecule has 1 aromatic heterocycles. The number of rotatable bonds is 6. The molecule has 0 saturated carbocycles. The SMILES string of the molecule is CSCCCCNC(=O)c1ccc2cn[nH]c2c1. The van der Waals surface area contributed by atoms with E-state index in [1.54, 1.807) is 6.20 Å². The molecular weight excluding hydrogens is 246 g/mol. The van der Waals surface area contributed by atoms with Crippen LogP contribution >= 0.6 is 11.8 Å². The Labute approximate surface area is 111 Å². The molecule has 2 aromatic rings. The molecule has 0 spiro atoms. The summed E-state index contributed by atoms with van der Waals surface area (Å²) in [6.45, 7) is 0.737. The summed E-state index contributed by atoms with van der Waals surface area (Å²) in [5.74, 6) is 1.13. The van der Waals surface area contributed by atoms with Crippen LogP contribution in [0.25, 0.3) is 10.9 Å². The maximum atomic E-state index is 11.9. The number of nitrogens with one attached hydrogen (secondary N) is 2. The number of unbranched alkanes of at least 4 members (excludes halogenated alkanes) is 1. The van der Waals surface area contributed by atoms with Crippen LogP contribution in [0.5, 0.6) is 0 Å². The Balaban J connectivity index is 1.88. The topological polar surface area (TPSA) is 57.8 Å². The summed E-state index contributed by atoms with van der Waals surface area (Å²) in [7, 11) is 0. The van der Waals surface area contributed by atoms with Crippen LogP contribution in [0.15, 0.2) is 24.4 Å². The summed E-state index contributed by atoms with van der Waals surface area (Å²) < 4.78 is 0. The second-order valence-electron chi connectivity index (χ2n) is 4.13. The number of H-pyrrole nitrogens is 1. The first-order chi connectivity index (χ1) is 8.81. The van der Waals surface area contributed by atoms with E-state index in [0.29, 0.717) is 5.56 Å². The largest absolute Gasteiger partial charge is 0.352 e. The zero-order chi connectivity index (χ0) is 12.8. The Morgan fingerprint density at radius 1 is 1.44 bits per heavy atom. The lowest BCUT2D eigenvalue weighted by molar-refractivity contribution is 0.0953. The van der Waals surface area contributed by atoms with Gasteiger partial charge in [-0.15, -0.1) is 0 Å². The quantitative estimate of drug-likeness (QED) is 0.787. The Bertz CT molecular complexity index is 524. The van der Waals surface area contributed by atoms with E-state index in [1.165, 1.54) is 0 Å². The summed E-state index contributed by atoms with van der Waals surface area (Å²) in [5.41, 5.74) is 1.57. The molecule has 0 radical (unpaired) electrons. The number of fused-ring (bicyclic) bond motifs is 1. The molecule has 2 N–H and O–H groups in total. The van der Waals surface area contributed by atoms with Crippen molar-refractivity contribution in [2.75, 3.05) is 18.6 Å². The molecule has 0 aliphatic heterocycles. The van der Waals surface area contributed by atoms with E-state index in [4.69, 9.17) is 0 Å². The maximum Gasteiger partial charge on any atom is 0.251 e. The van der Waals surface area contributed by atoms with Crippen molar-refractivity contribution >= 4 is 28.6 Å². The predicted octanol–water partition coefficient (Wildman–Crippen LogP) is 2.44. The summed E-state index contributed by atoms with van der Waals surface area (Å²) >= 11 is 1.84. The molecule has 1 aromatic carbocycles. The molecule has 2 rings (SSSR count). The van der Waals surface area contributed by atoms with Gasteiger partial charge in [0.05, 0.1) is 11.7 Å². The summed E-state index contributed by atoms with van der Waals surface area (Å²) in [4.78, 5) is 11.9. The fourth-order valence-electron chi connectivity index (χ4n) is 1.75. The van der Waals surface area contributed by atoms with Crippen molar-refractivity contribution in [2.24, 2.45) is 0 Å². The molecule has 0 aliphatic rings. The van der Waals surface area contributed by atoms with E-state index in [1.807, 2.05) is 30.0 Å². The molecule has 0 fully saturated rings. The van der Waals surface area contributed by atoms with Gasteiger partial charge in [-0.05, 0) is 37.0 Å². The molecule has 0 bridgehead atoms. The van der Waals surface area contributed by atoms with Crippen LogP contribution in [-0.4, -0.2) is 34.7 Å². The van der Waals surface area contributed by atoms with E-state index in [9.17, 15) is 4.79 Å². The number of aromatic amines is 1. The number of carbonyl (C=O) groups is 1. The number of hydrogen-bond acceptors (Lipinski definition) is 3. The fraction of sp³-hybridized carbons (Fsp3) is 0.385. The molecule has 0 unspecified atom stereocenters. The molecule has 4 nitrogen and oxygen atoms in total. The predicted molar refractivity (Wildman–Crippen MR) is 76.0 cm³/mol. The van der Waals surface area contributed by atoms with Crippen molar-refractivity contribution in [3.63, 3.8) is 0 Å². The minimum absolute atomic E-state index is 0.0179. The summed E-state index contributed by atoms with van der Waals surface area (Å²) in [6.07, 6.45) is 6.01. The van der Waals surface area contributed by atoms with Crippen LogP contribution in [0, 0.1) is 0 Å². The highest BCUT2D eigenvalue weighted by atomic mass is 32.2. The van der Waals surface area contributed by atoms with Crippen LogP contribution < -0.4 is 5.32 Å². The van der Waals surface area contributed by atoms with Crippen molar-refractivity contribution in [1.29, 1.82) is 0 Å². The van der Waals surface area contributed by atoms with Crippen LogP contribution in [0.4, 0.5) is 0 Å². The van der Waals surface area contributed by atoms with Gasteiger partial charge in [0.2, 0.25) is 0 Å². The summed E-state index contributed by atoms with van der Waals surface area (Å²) in [5, 5.41) is 10.8. The Kier molecular flexibility index (Phi) is 4.64. The molecule has 1 heterocycles. The Morgan fingerprint density at radius 2 is 2.33 bits per heavy atom. The molecular formula is C13H17N3OS. The number of aromatic nitrogens is 2. The Morgan fingerprint density at radius 3 is 3.17 bits per heavy atom. The molecule has 5 heteroatoms. The third-order valence-corrected chi connectivity index (χ3v) is 3.46. The highest BCUT2D eigenvalue weighted by Crippen LogP contribution is 2.12. The first kappa shape index (κ1) is 13.0. The normalized spacial score (nSPS) is 10.7. The highest BCUT2D eigenvalue weighted by Gasteiger charge is 2.06. The maximum absolute atomic E-state index is 11.9. The van der Waals surface area contributed by atoms with Crippen LogP contribution in [0.3, 0.4) is 0 Å². The van der Waals surface area contributed by atoms with E-state index in [-0.39, 0.29) is 5.91 Å². The third kappa shape index (κ3) is 3.26. The number of carbonyl (C=O) groups excluding carboxylic acids is 1. The van der Waals surface area contributed by atoms with Crippen molar-refractivity contribution in [1.82, 2.24) is 15.5 Å². The monoisotopic (exact) mass is 263 g/mol. The van der Waals surface area contributed by atoms with Gasteiger partial charge in [-0.3, -0.25) is 9.89 Å². The average Bonchev–Trinajstić information content (AvgIpc) is 2.85. The second kappa shape index (κ2) is 6.44. The van der Waals surface area contributed by atoms with E-state index in [0.717, 1.165) is 36.0 Å². The standard InChI is InChI=1S/C13H17N3OS/c1-18-7-3-2-6-14-13(17)10-4-5-11-9-15-16-12(11)8-10/h4-5,8-9H,2-3,6-7H2,1H3,(H,14,17)(H,15,16). The lowest BCUT2D eigenvalue weighted by Gasteiger charge is -2.04. The fourth-order valence-corrected chi connectivity index (χ4v) is 2.25. The van der Waals surface area contributed by atoms with Gasteiger partial charge in [0, 0.05) is 17.5 Å². The van der Waals surface area contributed by atoms with E-state index < -0.39 is 0 Å². The van der Waals surface area contributed by atoms with E-state index in [2.05, 4.69) is 21.8 Å². The van der Waals surface area contributed by atoms with Crippen molar-refractivity contribution in [2.45, 2.75) is 12.8 Å². The number of hydrogen-bond donors (Lipinski definition) is 2. The van der Waals surface area contributed by atoms with Crippen LogP contribution in [0.1, 0.15) is 23.2 Å². The first-order valence-electron chi connectivity index (χ1n) is 6.01. The lowest BCUT2D eigenvalue weighted by Crippen LogP contribution is -2.24. The third-order valence-electron chi connectivity index (χ3n) is 2.76. The molecule has 0 aliphatic carbocycles. The minimum atomic E-state index is -0.0179. The number of benzene rings is 1. The molecule has 18 heavy (non-hydrogen) atoms. The van der Waals surface area contributed by atoms with Crippen molar-refractivity contribution in [3.05, 3.63) is 30.0 Å². The number of nitrogens with zero attached hydrogens (tertiary/aromatic N) is 1. The average molecular weight is 263 g/mol. The van der Waals surface area contributed by atoms with Crippen LogP contribution in [-0.2, 0) is 0 Å². The van der Waals surface area contributed by atoms with Crippen molar-refractivity contribution in [3.8, 4) is 0 Å². The van der Waals surface area contributed by atoms with Gasteiger partial charge in [-0.1, -0.05) is 6.07 Å². The number of thioether (sulfide) groups is 1. The van der Waals surface area contributed by atoms with Gasteiger partial charge in [0.15, 0.2) is 0 Å². The minimum Gasteiger partial charge on any atom is -0.352 e. The van der Waals surface area contributed by atoms with Gasteiger partial charge in [-0.25, -0.2) is 0 Å². The molecule has 96 valence electrons. The van der Waals surface area contributed by atoms with Gasteiger partial charge < -0.3 is 5.32 Å². The van der Waals surface area contributed by atoms with Gasteiger partial charge >= 0.3 is 0 Å². The molecule has 0 saturated heterocycles. The van der Waals surface area contributed by atoms with E-state index >= 15 is 0 Å². The summed E-state index contributed by atoms with van der Waals surface area (Å²) in [6, 6.07) is 5.57. The van der Waals surface area contributed by atoms with Gasteiger partial charge in [0.25, 0.3) is 5.91 Å². The molecule has 1 amide bonds. The highest BCUT2D eigenvalue weighted by molar-refractivity contribution is 7.98. The second-order valence-corrected chi connectivity index (χ2v) is 5.11. The first-order valence-corrected chi connectivity index (χ1v) is 7.41. The zero-order valence-electron chi connectivity index (χ0n) is 10.4. The lowest BCUT2D eigenvalue weighted by atomic mass is 10.1. The number of amides is 1. The van der Waals surface area contributed by atoms with Crippen molar-refractivity contribution < 1.29 is 4.79 Å². The van der Waals surface area contributed by atoms with Gasteiger partial charge in [0.1, 0.15) is 0 Å².